The molecule has 1 fully saturated rings. The normalized spacial score (nSPS) is 22.4. The minimum Gasteiger partial charge on any atom is -0.377 e. The molecule has 1 aliphatic rings. The Morgan fingerprint density at radius 1 is 1.47 bits per heavy atom. The number of nitrogens with two attached hydrogens (primary N) is 1. The van der Waals surface area contributed by atoms with Crippen molar-refractivity contribution in [3.8, 4) is 0 Å². The number of pyridine rings is 1. The Morgan fingerprint density at radius 2 is 2.29 bits per heavy atom. The van der Waals surface area contributed by atoms with Gasteiger partial charge in [0.2, 0.25) is 0 Å². The van der Waals surface area contributed by atoms with Crippen LogP contribution in [-0.2, 0) is 17.8 Å². The molecule has 0 bridgehead atoms. The number of nitrogens with zero attached hydrogens (tertiary/aromatic N) is 2. The van der Waals surface area contributed by atoms with E-state index in [0.717, 1.165) is 44.0 Å². The molecule has 1 atom stereocenters. The number of hydrogen-bond acceptors (Lipinski definition) is 4. The van der Waals surface area contributed by atoms with Gasteiger partial charge in [0.15, 0.2) is 0 Å². The molecule has 4 nitrogen and oxygen atoms in total. The molecule has 4 heteroatoms. The molecule has 0 radical (unpaired) electrons. The molecule has 2 rings (SSSR count). The van der Waals surface area contributed by atoms with E-state index in [4.69, 9.17) is 10.5 Å². The van der Waals surface area contributed by atoms with Crippen molar-refractivity contribution in [2.45, 2.75) is 32.5 Å². The Kier molecular flexibility index (Phi) is 4.48. The molecule has 1 unspecified atom stereocenters. The smallest absolute Gasteiger partial charge is 0.0674 e. The molecule has 0 aromatic carbocycles. The number of aromatic nitrogens is 1. The second-order valence-electron chi connectivity index (χ2n) is 4.59. The van der Waals surface area contributed by atoms with E-state index in [9.17, 15) is 0 Å². The van der Waals surface area contributed by atoms with Gasteiger partial charge in [-0.05, 0) is 25.5 Å². The predicted octanol–water partition coefficient (Wildman–Crippen LogP) is 1.15. The molecule has 2 heterocycles. The maximum Gasteiger partial charge on any atom is 0.0674 e. The molecule has 0 amide bonds. The first-order chi connectivity index (χ1) is 8.28. The van der Waals surface area contributed by atoms with E-state index < -0.39 is 0 Å². The maximum absolute atomic E-state index is 5.63. The third-order valence-electron chi connectivity index (χ3n) is 3.00. The van der Waals surface area contributed by atoms with Crippen molar-refractivity contribution in [1.82, 2.24) is 9.88 Å². The van der Waals surface area contributed by atoms with Crippen molar-refractivity contribution in [3.05, 3.63) is 29.6 Å². The van der Waals surface area contributed by atoms with Gasteiger partial charge in [-0.1, -0.05) is 6.07 Å². The lowest BCUT2D eigenvalue weighted by molar-refractivity contribution is 0.0666. The zero-order chi connectivity index (χ0) is 12.1. The highest BCUT2D eigenvalue weighted by atomic mass is 16.5. The molecule has 1 saturated heterocycles. The highest BCUT2D eigenvalue weighted by Gasteiger charge is 2.15. The van der Waals surface area contributed by atoms with E-state index in [1.165, 1.54) is 0 Å². The first-order valence-electron chi connectivity index (χ1n) is 6.27. The Morgan fingerprint density at radius 3 is 3.12 bits per heavy atom. The van der Waals surface area contributed by atoms with Gasteiger partial charge in [0.05, 0.1) is 17.5 Å². The molecule has 1 aliphatic heterocycles. The summed E-state index contributed by atoms with van der Waals surface area (Å²) >= 11 is 0. The fraction of sp³-hybridized carbons (Fsp3) is 0.615. The van der Waals surface area contributed by atoms with Crippen LogP contribution in [0.25, 0.3) is 0 Å². The fourth-order valence-electron chi connectivity index (χ4n) is 2.18. The lowest BCUT2D eigenvalue weighted by atomic mass is 10.2. The second kappa shape index (κ2) is 6.10. The van der Waals surface area contributed by atoms with Gasteiger partial charge < -0.3 is 10.5 Å². The van der Waals surface area contributed by atoms with Crippen molar-refractivity contribution in [1.29, 1.82) is 0 Å². The Labute approximate surface area is 103 Å². The molecular formula is C13H21N3O. The standard InChI is InChI=1S/C13H21N3O/c1-11-9-16(6-3-7-17-11)10-13-5-2-4-12(8-14)15-13/h2,4-5,11H,3,6-10,14H2,1H3. The van der Waals surface area contributed by atoms with Crippen LogP contribution in [-0.4, -0.2) is 35.7 Å². The topological polar surface area (TPSA) is 51.4 Å². The van der Waals surface area contributed by atoms with Gasteiger partial charge in [0, 0.05) is 32.8 Å². The Hall–Kier alpha value is -0.970. The Balaban J connectivity index is 1.98. The highest BCUT2D eigenvalue weighted by molar-refractivity contribution is 5.11. The van der Waals surface area contributed by atoms with Crippen LogP contribution in [0.2, 0.25) is 0 Å². The van der Waals surface area contributed by atoms with Gasteiger partial charge in [-0.3, -0.25) is 9.88 Å². The molecule has 0 aliphatic carbocycles. The average Bonchev–Trinajstić information content (AvgIpc) is 2.54. The third kappa shape index (κ3) is 3.77. The number of ether oxygens (including phenoxy) is 1. The quantitative estimate of drug-likeness (QED) is 0.854. The van der Waals surface area contributed by atoms with Gasteiger partial charge in [-0.15, -0.1) is 0 Å². The summed E-state index contributed by atoms with van der Waals surface area (Å²) in [5, 5.41) is 0. The third-order valence-corrected chi connectivity index (χ3v) is 3.00. The van der Waals surface area contributed by atoms with E-state index in [1.54, 1.807) is 0 Å². The molecule has 94 valence electrons. The van der Waals surface area contributed by atoms with Crippen LogP contribution in [0.3, 0.4) is 0 Å². The van der Waals surface area contributed by atoms with Gasteiger partial charge in [0.25, 0.3) is 0 Å². The number of rotatable bonds is 3. The van der Waals surface area contributed by atoms with Crippen LogP contribution < -0.4 is 5.73 Å². The van der Waals surface area contributed by atoms with Gasteiger partial charge in [-0.2, -0.15) is 0 Å². The average molecular weight is 235 g/mol. The van der Waals surface area contributed by atoms with E-state index >= 15 is 0 Å². The zero-order valence-corrected chi connectivity index (χ0v) is 10.4. The summed E-state index contributed by atoms with van der Waals surface area (Å²) in [4.78, 5) is 6.94. The lowest BCUT2D eigenvalue weighted by Gasteiger charge is -2.21. The molecule has 0 saturated carbocycles. The molecule has 1 aromatic heterocycles. The van der Waals surface area contributed by atoms with Crippen LogP contribution in [0, 0.1) is 0 Å². The Bertz CT molecular complexity index is 356. The predicted molar refractivity (Wildman–Crippen MR) is 67.4 cm³/mol. The van der Waals surface area contributed by atoms with E-state index in [-0.39, 0.29) is 0 Å². The summed E-state index contributed by atoms with van der Waals surface area (Å²) in [6.07, 6.45) is 1.41. The van der Waals surface area contributed by atoms with Crippen LogP contribution in [0.5, 0.6) is 0 Å². The van der Waals surface area contributed by atoms with E-state index in [0.29, 0.717) is 12.6 Å². The van der Waals surface area contributed by atoms with E-state index in [1.807, 2.05) is 12.1 Å². The van der Waals surface area contributed by atoms with Gasteiger partial charge in [0.1, 0.15) is 0 Å². The molecule has 0 spiro atoms. The first kappa shape index (κ1) is 12.5. The molecule has 2 N–H and O–H groups in total. The monoisotopic (exact) mass is 235 g/mol. The van der Waals surface area contributed by atoms with Crippen molar-refractivity contribution in [3.63, 3.8) is 0 Å². The van der Waals surface area contributed by atoms with Crippen LogP contribution in [0.15, 0.2) is 18.2 Å². The summed E-state index contributed by atoms with van der Waals surface area (Å²) in [6.45, 7) is 6.46. The van der Waals surface area contributed by atoms with Crippen molar-refractivity contribution >= 4 is 0 Å². The highest BCUT2D eigenvalue weighted by Crippen LogP contribution is 2.09. The zero-order valence-electron chi connectivity index (χ0n) is 10.4. The molecule has 17 heavy (non-hydrogen) atoms. The maximum atomic E-state index is 5.63. The largest absolute Gasteiger partial charge is 0.377 e. The SMILES string of the molecule is CC1CN(Cc2cccc(CN)n2)CCCO1. The van der Waals surface area contributed by atoms with Crippen LogP contribution >= 0.6 is 0 Å². The van der Waals surface area contributed by atoms with Crippen molar-refractivity contribution < 1.29 is 4.74 Å². The lowest BCUT2D eigenvalue weighted by Crippen LogP contribution is -2.30. The first-order valence-corrected chi connectivity index (χ1v) is 6.27. The second-order valence-corrected chi connectivity index (χ2v) is 4.59. The minimum absolute atomic E-state index is 0.315. The van der Waals surface area contributed by atoms with Crippen molar-refractivity contribution in [2.24, 2.45) is 5.73 Å². The van der Waals surface area contributed by atoms with Gasteiger partial charge in [-0.25, -0.2) is 0 Å². The fourth-order valence-corrected chi connectivity index (χ4v) is 2.18. The summed E-state index contributed by atoms with van der Waals surface area (Å²) in [5.74, 6) is 0. The molecule has 1 aromatic rings. The minimum atomic E-state index is 0.315. The van der Waals surface area contributed by atoms with Gasteiger partial charge >= 0.3 is 0 Å². The summed E-state index contributed by atoms with van der Waals surface area (Å²) < 4.78 is 5.63. The van der Waals surface area contributed by atoms with Crippen LogP contribution in [0.1, 0.15) is 24.7 Å². The van der Waals surface area contributed by atoms with E-state index in [2.05, 4.69) is 22.9 Å². The summed E-state index contributed by atoms with van der Waals surface area (Å²) in [6, 6.07) is 6.06. The number of hydrogen-bond donors (Lipinski definition) is 1. The van der Waals surface area contributed by atoms with Crippen molar-refractivity contribution in [2.75, 3.05) is 19.7 Å². The van der Waals surface area contributed by atoms with Crippen LogP contribution in [0.4, 0.5) is 0 Å². The summed E-state index contributed by atoms with van der Waals surface area (Å²) in [7, 11) is 0. The molecular weight excluding hydrogens is 214 g/mol. The summed E-state index contributed by atoms with van der Waals surface area (Å²) in [5.41, 5.74) is 7.66.